The summed E-state index contributed by atoms with van der Waals surface area (Å²) in [6.45, 7) is 6.79. The van der Waals surface area contributed by atoms with Gasteiger partial charge in [-0.25, -0.2) is 4.39 Å². The molecule has 0 saturated carbocycles. The second-order valence-electron chi connectivity index (χ2n) is 10.4. The van der Waals surface area contributed by atoms with Crippen molar-refractivity contribution in [2.24, 2.45) is 17.1 Å². The van der Waals surface area contributed by atoms with Gasteiger partial charge in [0, 0.05) is 18.5 Å². The van der Waals surface area contributed by atoms with E-state index >= 15 is 0 Å². The molecule has 1 aromatic heterocycles. The minimum atomic E-state index is -0.822. The number of hydrogen-bond donors (Lipinski definition) is 2. The Kier molecular flexibility index (Phi) is 7.10. The fourth-order valence-corrected chi connectivity index (χ4v) is 4.62. The molecule has 8 nitrogen and oxygen atoms in total. The van der Waals surface area contributed by atoms with Gasteiger partial charge in [0.15, 0.2) is 5.69 Å². The van der Waals surface area contributed by atoms with Crippen LogP contribution in [0.25, 0.3) is 10.9 Å². The van der Waals surface area contributed by atoms with E-state index in [0.717, 1.165) is 11.1 Å². The average Bonchev–Trinajstić information content (AvgIpc) is 3.21. The molecule has 190 valence electrons. The van der Waals surface area contributed by atoms with Crippen LogP contribution < -0.4 is 11.1 Å². The molecule has 36 heavy (non-hydrogen) atoms. The summed E-state index contributed by atoms with van der Waals surface area (Å²) < 4.78 is 15.0. The lowest BCUT2D eigenvalue weighted by molar-refractivity contribution is -0.139. The van der Waals surface area contributed by atoms with Crippen LogP contribution in [0.3, 0.4) is 0 Å². The smallest absolute Gasteiger partial charge is 0.273 e. The monoisotopic (exact) mass is 493 g/mol. The van der Waals surface area contributed by atoms with Crippen molar-refractivity contribution in [1.29, 1.82) is 0 Å². The Labute approximate surface area is 209 Å². The van der Waals surface area contributed by atoms with Crippen LogP contribution in [0.15, 0.2) is 48.5 Å². The van der Waals surface area contributed by atoms with Gasteiger partial charge in [0.05, 0.1) is 18.0 Å². The van der Waals surface area contributed by atoms with Crippen LogP contribution in [-0.4, -0.2) is 51.5 Å². The van der Waals surface area contributed by atoms with Crippen molar-refractivity contribution in [2.75, 3.05) is 13.1 Å². The highest BCUT2D eigenvalue weighted by molar-refractivity contribution is 6.06. The minimum absolute atomic E-state index is 0.211. The number of halogens is 1. The Morgan fingerprint density at radius 2 is 1.83 bits per heavy atom. The number of benzene rings is 2. The van der Waals surface area contributed by atoms with Gasteiger partial charge in [-0.2, -0.15) is 5.10 Å². The van der Waals surface area contributed by atoms with Crippen molar-refractivity contribution in [1.82, 2.24) is 20.0 Å². The average molecular weight is 494 g/mol. The maximum atomic E-state index is 13.5. The number of amides is 3. The van der Waals surface area contributed by atoms with E-state index in [2.05, 4.69) is 10.4 Å². The fourth-order valence-electron chi connectivity index (χ4n) is 4.62. The zero-order chi connectivity index (χ0) is 26.0. The molecule has 2 atom stereocenters. The number of primary amides is 1. The Morgan fingerprint density at radius 1 is 1.14 bits per heavy atom. The Bertz CT molecular complexity index is 1280. The fraction of sp³-hybridized carbons (Fsp3) is 0.407. The molecule has 3 N–H and O–H groups in total. The van der Waals surface area contributed by atoms with Gasteiger partial charge in [-0.15, -0.1) is 0 Å². The summed E-state index contributed by atoms with van der Waals surface area (Å²) in [5.41, 5.74) is 6.71. The maximum absolute atomic E-state index is 13.5. The summed E-state index contributed by atoms with van der Waals surface area (Å²) in [6, 6.07) is 12.7. The third kappa shape index (κ3) is 5.40. The van der Waals surface area contributed by atoms with Gasteiger partial charge in [-0.3, -0.25) is 19.1 Å². The maximum Gasteiger partial charge on any atom is 0.273 e. The number of fused-ring (bicyclic) bond motifs is 1. The number of hydrogen-bond acceptors (Lipinski definition) is 4. The minimum Gasteiger partial charge on any atom is -0.369 e. The molecule has 1 saturated heterocycles. The molecule has 9 heteroatoms. The van der Waals surface area contributed by atoms with E-state index in [1.807, 2.05) is 45.0 Å². The van der Waals surface area contributed by atoms with E-state index < -0.39 is 23.3 Å². The van der Waals surface area contributed by atoms with Crippen LogP contribution in [0.2, 0.25) is 0 Å². The van der Waals surface area contributed by atoms with Gasteiger partial charge in [-0.05, 0) is 42.0 Å². The number of carbonyl (C=O) groups is 3. The number of carbonyl (C=O) groups excluding carboxylic acids is 3. The molecule has 1 fully saturated rings. The second kappa shape index (κ2) is 10.1. The third-order valence-electron chi connectivity index (χ3n) is 6.64. The molecule has 2 unspecified atom stereocenters. The molecule has 0 spiro atoms. The van der Waals surface area contributed by atoms with E-state index in [0.29, 0.717) is 31.3 Å². The van der Waals surface area contributed by atoms with Gasteiger partial charge in [-0.1, -0.05) is 51.1 Å². The Morgan fingerprint density at radius 3 is 2.50 bits per heavy atom. The highest BCUT2D eigenvalue weighted by Crippen LogP contribution is 2.26. The molecule has 1 aliphatic rings. The molecule has 2 heterocycles. The summed E-state index contributed by atoms with van der Waals surface area (Å²) in [4.78, 5) is 40.4. The first-order valence-corrected chi connectivity index (χ1v) is 12.1. The largest absolute Gasteiger partial charge is 0.369 e. The number of nitrogens with two attached hydrogens (primary N) is 1. The molecule has 4 rings (SSSR count). The number of rotatable bonds is 6. The Hall–Kier alpha value is -3.75. The summed E-state index contributed by atoms with van der Waals surface area (Å²) in [5.74, 6) is -1.82. The van der Waals surface area contributed by atoms with E-state index in [9.17, 15) is 18.8 Å². The number of piperidine rings is 1. The first-order valence-electron chi connectivity index (χ1n) is 12.1. The van der Waals surface area contributed by atoms with Crippen LogP contribution in [0.4, 0.5) is 4.39 Å². The predicted molar refractivity (Wildman–Crippen MR) is 134 cm³/mol. The molecular weight excluding hydrogens is 461 g/mol. The van der Waals surface area contributed by atoms with Crippen LogP contribution in [0.5, 0.6) is 0 Å². The van der Waals surface area contributed by atoms with Crippen molar-refractivity contribution in [2.45, 2.75) is 46.2 Å². The van der Waals surface area contributed by atoms with E-state index in [4.69, 9.17) is 5.73 Å². The molecule has 3 aromatic rings. The van der Waals surface area contributed by atoms with Gasteiger partial charge in [0.1, 0.15) is 11.9 Å². The first-order chi connectivity index (χ1) is 17.0. The van der Waals surface area contributed by atoms with E-state index in [-0.39, 0.29) is 29.9 Å². The van der Waals surface area contributed by atoms with Crippen LogP contribution in [0.1, 0.15) is 49.7 Å². The number of para-hydroxylation sites is 1. The van der Waals surface area contributed by atoms with Gasteiger partial charge >= 0.3 is 0 Å². The number of nitrogens with zero attached hydrogens (tertiary/aromatic N) is 3. The number of likely N-dealkylation sites (tertiary alicyclic amines) is 1. The molecule has 3 amide bonds. The van der Waals surface area contributed by atoms with Crippen molar-refractivity contribution >= 4 is 28.6 Å². The lowest BCUT2D eigenvalue weighted by atomic mass is 9.84. The molecule has 0 aliphatic carbocycles. The zero-order valence-corrected chi connectivity index (χ0v) is 20.8. The quantitative estimate of drug-likeness (QED) is 0.550. The SMILES string of the molecule is CC(C)(C)C(NC(=O)c1nn(Cc2ccc(F)cc2)c2ccccc12)C(=O)N1CCCC(C(N)=O)C1. The number of nitrogens with one attached hydrogen (secondary N) is 1. The normalized spacial score (nSPS) is 17.1. The lowest BCUT2D eigenvalue weighted by Gasteiger charge is -2.38. The Balaban J connectivity index is 1.60. The van der Waals surface area contributed by atoms with Crippen LogP contribution in [-0.2, 0) is 16.1 Å². The predicted octanol–water partition coefficient (Wildman–Crippen LogP) is 3.09. The third-order valence-corrected chi connectivity index (χ3v) is 6.64. The molecule has 0 radical (unpaired) electrons. The van der Waals surface area contributed by atoms with Crippen molar-refractivity contribution in [3.05, 3.63) is 65.6 Å². The van der Waals surface area contributed by atoms with Crippen molar-refractivity contribution in [3.8, 4) is 0 Å². The second-order valence-corrected chi connectivity index (χ2v) is 10.4. The summed E-state index contributed by atoms with van der Waals surface area (Å²) >= 11 is 0. The lowest BCUT2D eigenvalue weighted by Crippen LogP contribution is -2.57. The standard InChI is InChI=1S/C27H32FN5O3/c1-27(2,3)23(26(36)32-14-6-7-18(16-32)24(29)34)30-25(35)22-20-8-4-5-9-21(20)33(31-22)15-17-10-12-19(28)13-11-17/h4-5,8-13,18,23H,6-7,14-16H2,1-3H3,(H2,29,34)(H,30,35). The van der Waals surface area contributed by atoms with Crippen molar-refractivity contribution < 1.29 is 18.8 Å². The van der Waals surface area contributed by atoms with Crippen molar-refractivity contribution in [3.63, 3.8) is 0 Å². The van der Waals surface area contributed by atoms with Crippen LogP contribution in [0, 0.1) is 17.2 Å². The summed E-state index contributed by atoms with van der Waals surface area (Å²) in [6.07, 6.45) is 1.34. The molecular formula is C27H32FN5O3. The van der Waals surface area contributed by atoms with Crippen LogP contribution >= 0.6 is 0 Å². The first kappa shape index (κ1) is 25.3. The highest BCUT2D eigenvalue weighted by atomic mass is 19.1. The van der Waals surface area contributed by atoms with Gasteiger partial charge < -0.3 is 16.0 Å². The van der Waals surface area contributed by atoms with E-state index in [1.165, 1.54) is 12.1 Å². The molecule has 1 aliphatic heterocycles. The van der Waals surface area contributed by atoms with Gasteiger partial charge in [0.25, 0.3) is 5.91 Å². The summed E-state index contributed by atoms with van der Waals surface area (Å²) in [5, 5.41) is 8.15. The van der Waals surface area contributed by atoms with Gasteiger partial charge in [0.2, 0.25) is 11.8 Å². The van der Waals surface area contributed by atoms with E-state index in [1.54, 1.807) is 21.7 Å². The summed E-state index contributed by atoms with van der Waals surface area (Å²) in [7, 11) is 0. The topological polar surface area (TPSA) is 110 Å². The number of aromatic nitrogens is 2. The highest BCUT2D eigenvalue weighted by Gasteiger charge is 2.38. The molecule has 2 aromatic carbocycles. The molecule has 0 bridgehead atoms. The zero-order valence-electron chi connectivity index (χ0n) is 20.8.